The zero-order valence-corrected chi connectivity index (χ0v) is 18.3. The monoisotopic (exact) mass is 436 g/mol. The minimum absolute atomic E-state index is 0.168. The molecule has 0 bridgehead atoms. The van der Waals surface area contributed by atoms with E-state index in [0.29, 0.717) is 18.7 Å². The van der Waals surface area contributed by atoms with Crippen LogP contribution in [0.5, 0.6) is 5.75 Å². The summed E-state index contributed by atoms with van der Waals surface area (Å²) in [6, 6.07) is 19.5. The first-order valence-electron chi connectivity index (χ1n) is 10.0. The fraction of sp³-hybridized carbons (Fsp3) is 0.208. The van der Waals surface area contributed by atoms with Crippen molar-refractivity contribution in [3.63, 3.8) is 0 Å². The highest BCUT2D eigenvalue weighted by molar-refractivity contribution is 7.92. The Morgan fingerprint density at radius 3 is 2.39 bits per heavy atom. The Balaban J connectivity index is 1.40. The van der Waals surface area contributed by atoms with Crippen LogP contribution >= 0.6 is 0 Å². The SMILES string of the molecule is Cc1cc(C)cc(NC(=O)COc2ccc(S(=O)(=O)N3CCc4ccccc43)cc2)c1. The van der Waals surface area contributed by atoms with Crippen LogP contribution in [0, 0.1) is 13.8 Å². The van der Waals surface area contributed by atoms with Gasteiger partial charge in [0, 0.05) is 12.2 Å². The lowest BCUT2D eigenvalue weighted by atomic mass is 10.1. The second-order valence-electron chi connectivity index (χ2n) is 7.64. The number of nitrogens with zero attached hydrogens (tertiary/aromatic N) is 1. The normalized spacial score (nSPS) is 13.0. The maximum absolute atomic E-state index is 13.1. The molecular weight excluding hydrogens is 412 g/mol. The van der Waals surface area contributed by atoms with Gasteiger partial charge >= 0.3 is 0 Å². The Labute approximate surface area is 182 Å². The van der Waals surface area contributed by atoms with E-state index in [1.54, 1.807) is 12.1 Å². The number of ether oxygens (including phenoxy) is 1. The van der Waals surface area contributed by atoms with Gasteiger partial charge < -0.3 is 10.1 Å². The number of benzene rings is 3. The average Bonchev–Trinajstić information content (AvgIpc) is 3.17. The van der Waals surface area contributed by atoms with Gasteiger partial charge in [-0.25, -0.2) is 8.42 Å². The van der Waals surface area contributed by atoms with Crippen LogP contribution in [0.25, 0.3) is 0 Å². The highest BCUT2D eigenvalue weighted by Gasteiger charge is 2.30. The molecule has 0 atom stereocenters. The van der Waals surface area contributed by atoms with Gasteiger partial charge in [-0.15, -0.1) is 0 Å². The largest absolute Gasteiger partial charge is 0.484 e. The molecule has 0 saturated carbocycles. The third-order valence-electron chi connectivity index (χ3n) is 5.13. The highest BCUT2D eigenvalue weighted by Crippen LogP contribution is 2.33. The first-order valence-corrected chi connectivity index (χ1v) is 11.5. The van der Waals surface area contributed by atoms with Crippen LogP contribution in [-0.2, 0) is 21.2 Å². The summed E-state index contributed by atoms with van der Waals surface area (Å²) in [5, 5.41) is 2.81. The van der Waals surface area contributed by atoms with Gasteiger partial charge in [-0.1, -0.05) is 24.3 Å². The molecule has 6 nitrogen and oxygen atoms in total. The first kappa shape index (κ1) is 20.9. The second kappa shape index (κ2) is 8.43. The summed E-state index contributed by atoms with van der Waals surface area (Å²) in [6.45, 7) is 4.20. The van der Waals surface area contributed by atoms with Crippen molar-refractivity contribution in [2.75, 3.05) is 22.8 Å². The Hall–Kier alpha value is -3.32. The first-order chi connectivity index (χ1) is 14.8. The molecule has 1 amide bonds. The zero-order chi connectivity index (χ0) is 22.0. The molecular formula is C24H24N2O4S. The second-order valence-corrected chi connectivity index (χ2v) is 9.50. The van der Waals surface area contributed by atoms with Gasteiger partial charge in [-0.05, 0) is 79.4 Å². The molecule has 7 heteroatoms. The summed E-state index contributed by atoms with van der Waals surface area (Å²) in [6.07, 6.45) is 0.701. The van der Waals surface area contributed by atoms with Gasteiger partial charge in [-0.3, -0.25) is 9.10 Å². The van der Waals surface area contributed by atoms with Crippen molar-refractivity contribution >= 4 is 27.3 Å². The number of hydrogen-bond donors (Lipinski definition) is 1. The van der Waals surface area contributed by atoms with E-state index in [1.165, 1.54) is 16.4 Å². The predicted molar refractivity (Wildman–Crippen MR) is 121 cm³/mol. The van der Waals surface area contributed by atoms with E-state index in [-0.39, 0.29) is 17.4 Å². The Kier molecular flexibility index (Phi) is 5.69. The molecule has 3 aromatic carbocycles. The van der Waals surface area contributed by atoms with Crippen LogP contribution in [0.3, 0.4) is 0 Å². The lowest BCUT2D eigenvalue weighted by Crippen LogP contribution is -2.29. The summed E-state index contributed by atoms with van der Waals surface area (Å²) in [5.74, 6) is 0.145. The van der Waals surface area contributed by atoms with E-state index in [1.807, 2.05) is 56.3 Å². The fourth-order valence-corrected chi connectivity index (χ4v) is 5.29. The molecule has 0 fully saturated rings. The van der Waals surface area contributed by atoms with Crippen molar-refractivity contribution in [1.82, 2.24) is 0 Å². The van der Waals surface area contributed by atoms with E-state index in [9.17, 15) is 13.2 Å². The number of aryl methyl sites for hydroxylation is 2. The topological polar surface area (TPSA) is 75.7 Å². The number of anilines is 2. The van der Waals surface area contributed by atoms with Gasteiger partial charge in [0.2, 0.25) is 0 Å². The van der Waals surface area contributed by atoms with Gasteiger partial charge in [0.1, 0.15) is 5.75 Å². The minimum Gasteiger partial charge on any atom is -0.484 e. The lowest BCUT2D eigenvalue weighted by molar-refractivity contribution is -0.118. The van der Waals surface area contributed by atoms with Crippen LogP contribution < -0.4 is 14.4 Å². The van der Waals surface area contributed by atoms with Crippen LogP contribution in [0.4, 0.5) is 11.4 Å². The van der Waals surface area contributed by atoms with Crippen molar-refractivity contribution in [3.8, 4) is 5.75 Å². The van der Waals surface area contributed by atoms with Crippen molar-refractivity contribution < 1.29 is 17.9 Å². The number of rotatable bonds is 6. The summed E-state index contributed by atoms with van der Waals surface area (Å²) >= 11 is 0. The van der Waals surface area contributed by atoms with Crippen LogP contribution in [0.1, 0.15) is 16.7 Å². The third kappa shape index (κ3) is 4.56. The highest BCUT2D eigenvalue weighted by atomic mass is 32.2. The predicted octanol–water partition coefficient (Wildman–Crippen LogP) is 4.07. The molecule has 1 N–H and O–H groups in total. The molecule has 0 radical (unpaired) electrons. The van der Waals surface area contributed by atoms with Crippen molar-refractivity contribution in [2.45, 2.75) is 25.2 Å². The average molecular weight is 437 g/mol. The standard InChI is InChI=1S/C24H24N2O4S/c1-17-13-18(2)15-20(14-17)25-24(27)16-30-21-7-9-22(10-8-21)31(28,29)26-12-11-19-5-3-4-6-23(19)26/h3-10,13-15H,11-12,16H2,1-2H3,(H,25,27). The molecule has 3 aromatic rings. The molecule has 31 heavy (non-hydrogen) atoms. The molecule has 0 aliphatic carbocycles. The molecule has 0 saturated heterocycles. The van der Waals surface area contributed by atoms with Crippen LogP contribution in [0.15, 0.2) is 71.6 Å². The number of carbonyl (C=O) groups is 1. The molecule has 0 aromatic heterocycles. The number of nitrogens with one attached hydrogen (secondary N) is 1. The number of carbonyl (C=O) groups excluding carboxylic acids is 1. The van der Waals surface area contributed by atoms with Gasteiger partial charge in [0.15, 0.2) is 6.61 Å². The van der Waals surface area contributed by atoms with E-state index >= 15 is 0 Å². The lowest BCUT2D eigenvalue weighted by Gasteiger charge is -2.19. The van der Waals surface area contributed by atoms with Crippen molar-refractivity contribution in [3.05, 3.63) is 83.4 Å². The molecule has 0 spiro atoms. The number of amides is 1. The van der Waals surface area contributed by atoms with Crippen molar-refractivity contribution in [2.24, 2.45) is 0 Å². The minimum atomic E-state index is -3.65. The van der Waals surface area contributed by atoms with Gasteiger partial charge in [0.05, 0.1) is 10.6 Å². The van der Waals surface area contributed by atoms with Crippen LogP contribution in [0.2, 0.25) is 0 Å². The molecule has 0 unspecified atom stereocenters. The Morgan fingerprint density at radius 2 is 1.68 bits per heavy atom. The summed E-state index contributed by atoms with van der Waals surface area (Å²) in [7, 11) is -3.65. The summed E-state index contributed by atoms with van der Waals surface area (Å²) in [4.78, 5) is 12.4. The van der Waals surface area contributed by atoms with E-state index in [0.717, 1.165) is 28.1 Å². The molecule has 1 heterocycles. The smallest absolute Gasteiger partial charge is 0.264 e. The van der Waals surface area contributed by atoms with E-state index < -0.39 is 10.0 Å². The fourth-order valence-electron chi connectivity index (χ4n) is 3.79. The summed E-state index contributed by atoms with van der Waals surface area (Å²) in [5.41, 5.74) is 4.60. The Morgan fingerprint density at radius 1 is 1.00 bits per heavy atom. The molecule has 4 rings (SSSR count). The van der Waals surface area contributed by atoms with Gasteiger partial charge in [-0.2, -0.15) is 0 Å². The van der Waals surface area contributed by atoms with Crippen LogP contribution in [-0.4, -0.2) is 27.5 Å². The van der Waals surface area contributed by atoms with E-state index in [2.05, 4.69) is 5.32 Å². The maximum Gasteiger partial charge on any atom is 0.264 e. The zero-order valence-electron chi connectivity index (χ0n) is 17.5. The van der Waals surface area contributed by atoms with E-state index in [4.69, 9.17) is 4.74 Å². The van der Waals surface area contributed by atoms with Crippen molar-refractivity contribution in [1.29, 1.82) is 0 Å². The summed E-state index contributed by atoms with van der Waals surface area (Å²) < 4.78 is 33.1. The molecule has 1 aliphatic heterocycles. The quantitative estimate of drug-likeness (QED) is 0.632. The number of hydrogen-bond acceptors (Lipinski definition) is 4. The Bertz CT molecular complexity index is 1200. The molecule has 160 valence electrons. The molecule has 1 aliphatic rings. The number of sulfonamides is 1. The maximum atomic E-state index is 13.1. The number of para-hydroxylation sites is 1. The number of fused-ring (bicyclic) bond motifs is 1. The third-order valence-corrected chi connectivity index (χ3v) is 6.96. The van der Waals surface area contributed by atoms with Gasteiger partial charge in [0.25, 0.3) is 15.9 Å².